The van der Waals surface area contributed by atoms with Gasteiger partial charge in [0.1, 0.15) is 0 Å². The maximum atomic E-state index is 11.4. The summed E-state index contributed by atoms with van der Waals surface area (Å²) in [6, 6.07) is 2.82. The molecule has 0 bridgehead atoms. The molecule has 1 aromatic heterocycles. The summed E-state index contributed by atoms with van der Waals surface area (Å²) in [4.78, 5) is 24.8. The number of aromatic amines is 1. The highest BCUT2D eigenvalue weighted by Gasteiger charge is 2.05. The van der Waals surface area contributed by atoms with Gasteiger partial charge in [-0.3, -0.25) is 9.59 Å². The molecule has 1 unspecified atom stereocenters. The van der Waals surface area contributed by atoms with Crippen LogP contribution in [0.4, 0.5) is 0 Å². The highest BCUT2D eigenvalue weighted by atomic mass is 79.9. The number of alkyl halides is 1. The Morgan fingerprint density at radius 2 is 2.36 bits per heavy atom. The summed E-state index contributed by atoms with van der Waals surface area (Å²) in [6.07, 6.45) is 1.40. The van der Waals surface area contributed by atoms with Crippen molar-refractivity contribution in [3.63, 3.8) is 0 Å². The molecule has 0 saturated heterocycles. The molecule has 0 fully saturated rings. The fourth-order valence-electron chi connectivity index (χ4n) is 0.887. The van der Waals surface area contributed by atoms with Crippen molar-refractivity contribution in [2.24, 2.45) is 0 Å². The van der Waals surface area contributed by atoms with Crippen LogP contribution in [0.15, 0.2) is 23.1 Å². The van der Waals surface area contributed by atoms with Crippen LogP contribution in [0.2, 0.25) is 0 Å². The van der Waals surface area contributed by atoms with E-state index in [2.05, 4.69) is 26.2 Å². The fourth-order valence-corrected chi connectivity index (χ4v) is 1.05. The maximum Gasteiger partial charge on any atom is 0.252 e. The molecule has 1 atom stereocenters. The van der Waals surface area contributed by atoms with Gasteiger partial charge in [-0.2, -0.15) is 0 Å². The number of halogens is 1. The normalized spacial score (nSPS) is 12.1. The number of rotatable bonds is 3. The van der Waals surface area contributed by atoms with E-state index in [1.165, 1.54) is 18.3 Å². The Morgan fingerprint density at radius 3 is 2.86 bits per heavy atom. The number of nitrogens with one attached hydrogen (secondary N) is 2. The highest BCUT2D eigenvalue weighted by molar-refractivity contribution is 9.09. The third kappa shape index (κ3) is 3.33. The summed E-state index contributed by atoms with van der Waals surface area (Å²) >= 11 is 3.31. The van der Waals surface area contributed by atoms with Gasteiger partial charge in [0.05, 0.1) is 5.56 Å². The average Bonchev–Trinajstić information content (AvgIpc) is 2.15. The molecular formula is C9H11BrN2O2. The molecule has 1 heterocycles. The fraction of sp³-hybridized carbons (Fsp3) is 0.333. The molecule has 0 radical (unpaired) electrons. The second kappa shape index (κ2) is 4.95. The van der Waals surface area contributed by atoms with Crippen LogP contribution in [-0.4, -0.2) is 22.3 Å². The third-order valence-corrected chi connectivity index (χ3v) is 1.91. The summed E-state index contributed by atoms with van der Waals surface area (Å²) in [5, 5.41) is 2.71. The van der Waals surface area contributed by atoms with Crippen molar-refractivity contribution >= 4 is 21.8 Å². The number of amides is 1. The van der Waals surface area contributed by atoms with E-state index in [9.17, 15) is 9.59 Å². The Hall–Kier alpha value is -1.10. The van der Waals surface area contributed by atoms with Gasteiger partial charge in [0, 0.05) is 23.6 Å². The van der Waals surface area contributed by atoms with Crippen LogP contribution in [0.3, 0.4) is 0 Å². The Kier molecular flexibility index (Phi) is 3.88. The molecule has 0 spiro atoms. The van der Waals surface area contributed by atoms with Crippen LogP contribution < -0.4 is 10.9 Å². The van der Waals surface area contributed by atoms with Gasteiger partial charge in [0.25, 0.3) is 5.91 Å². The van der Waals surface area contributed by atoms with Crippen molar-refractivity contribution in [1.82, 2.24) is 10.3 Å². The van der Waals surface area contributed by atoms with Crippen molar-refractivity contribution in [1.29, 1.82) is 0 Å². The summed E-state index contributed by atoms with van der Waals surface area (Å²) in [7, 11) is 0. The van der Waals surface area contributed by atoms with Gasteiger partial charge < -0.3 is 10.3 Å². The van der Waals surface area contributed by atoms with Crippen molar-refractivity contribution in [3.05, 3.63) is 34.2 Å². The van der Waals surface area contributed by atoms with Crippen LogP contribution in [0.1, 0.15) is 17.3 Å². The molecule has 0 aliphatic carbocycles. The van der Waals surface area contributed by atoms with E-state index in [1.807, 2.05) is 6.92 Å². The van der Waals surface area contributed by atoms with Gasteiger partial charge in [0.2, 0.25) is 5.56 Å². The standard InChI is InChI=1S/C9H11BrN2O2/c1-6(10)4-12-9(14)7-2-3-8(13)11-5-7/h2-3,5-6H,4H2,1H3,(H,11,13)(H,12,14). The molecule has 0 aliphatic rings. The molecule has 1 aromatic rings. The van der Waals surface area contributed by atoms with E-state index < -0.39 is 0 Å². The summed E-state index contributed by atoms with van der Waals surface area (Å²) in [5.41, 5.74) is 0.244. The first-order chi connectivity index (χ1) is 6.59. The molecule has 76 valence electrons. The Balaban J connectivity index is 2.61. The minimum atomic E-state index is -0.213. The number of hydrogen-bond donors (Lipinski definition) is 2. The molecule has 1 rings (SSSR count). The first-order valence-corrected chi connectivity index (χ1v) is 5.12. The van der Waals surface area contributed by atoms with Crippen LogP contribution in [0.5, 0.6) is 0 Å². The van der Waals surface area contributed by atoms with E-state index in [-0.39, 0.29) is 16.3 Å². The zero-order chi connectivity index (χ0) is 10.6. The van der Waals surface area contributed by atoms with E-state index in [0.717, 1.165) is 0 Å². The maximum absolute atomic E-state index is 11.4. The van der Waals surface area contributed by atoms with Crippen LogP contribution in [0.25, 0.3) is 0 Å². The third-order valence-electron chi connectivity index (χ3n) is 1.59. The monoisotopic (exact) mass is 258 g/mol. The minimum absolute atomic E-state index is 0.187. The number of aromatic nitrogens is 1. The first-order valence-electron chi connectivity index (χ1n) is 4.20. The molecule has 4 nitrogen and oxygen atoms in total. The lowest BCUT2D eigenvalue weighted by Gasteiger charge is -2.05. The summed E-state index contributed by atoms with van der Waals surface area (Å²) in [5.74, 6) is -0.187. The minimum Gasteiger partial charge on any atom is -0.351 e. The Labute approximate surface area is 89.9 Å². The lowest BCUT2D eigenvalue weighted by molar-refractivity contribution is 0.0954. The number of H-pyrrole nitrogens is 1. The van der Waals surface area contributed by atoms with Crippen molar-refractivity contribution in [2.45, 2.75) is 11.8 Å². The van der Waals surface area contributed by atoms with Gasteiger partial charge >= 0.3 is 0 Å². The Morgan fingerprint density at radius 1 is 1.64 bits per heavy atom. The average molecular weight is 259 g/mol. The summed E-state index contributed by atoms with van der Waals surface area (Å²) in [6.45, 7) is 2.49. The predicted molar refractivity (Wildman–Crippen MR) is 57.8 cm³/mol. The van der Waals surface area contributed by atoms with Gasteiger partial charge in [0.15, 0.2) is 0 Å². The zero-order valence-electron chi connectivity index (χ0n) is 7.71. The number of hydrogen-bond acceptors (Lipinski definition) is 2. The SMILES string of the molecule is CC(Br)CNC(=O)c1ccc(=O)[nH]c1. The summed E-state index contributed by atoms with van der Waals surface area (Å²) < 4.78 is 0. The number of carbonyl (C=O) groups excluding carboxylic acids is 1. The van der Waals surface area contributed by atoms with E-state index in [0.29, 0.717) is 12.1 Å². The van der Waals surface area contributed by atoms with E-state index in [4.69, 9.17) is 0 Å². The molecule has 0 aromatic carbocycles. The Bertz CT molecular complexity index is 353. The first kappa shape index (κ1) is 11.0. The highest BCUT2D eigenvalue weighted by Crippen LogP contribution is 1.96. The van der Waals surface area contributed by atoms with Gasteiger partial charge in [-0.25, -0.2) is 0 Å². The second-order valence-corrected chi connectivity index (χ2v) is 4.50. The topological polar surface area (TPSA) is 62.0 Å². The molecule has 0 aliphatic heterocycles. The molecule has 5 heteroatoms. The molecule has 1 amide bonds. The van der Waals surface area contributed by atoms with Gasteiger partial charge in [-0.15, -0.1) is 0 Å². The lowest BCUT2D eigenvalue weighted by Crippen LogP contribution is -2.28. The van der Waals surface area contributed by atoms with E-state index >= 15 is 0 Å². The molecular weight excluding hydrogens is 248 g/mol. The van der Waals surface area contributed by atoms with Gasteiger partial charge in [-0.05, 0) is 6.07 Å². The second-order valence-electron chi connectivity index (χ2n) is 2.93. The predicted octanol–water partition coefficient (Wildman–Crippen LogP) is 0.888. The zero-order valence-corrected chi connectivity index (χ0v) is 9.30. The molecule has 0 saturated carbocycles. The van der Waals surface area contributed by atoms with Crippen LogP contribution >= 0.6 is 15.9 Å². The molecule has 2 N–H and O–H groups in total. The largest absolute Gasteiger partial charge is 0.351 e. The quantitative estimate of drug-likeness (QED) is 0.792. The smallest absolute Gasteiger partial charge is 0.252 e. The van der Waals surface area contributed by atoms with Crippen molar-refractivity contribution in [3.8, 4) is 0 Å². The van der Waals surface area contributed by atoms with Crippen molar-refractivity contribution < 1.29 is 4.79 Å². The lowest BCUT2D eigenvalue weighted by atomic mass is 10.2. The van der Waals surface area contributed by atoms with Gasteiger partial charge in [-0.1, -0.05) is 22.9 Å². The van der Waals surface area contributed by atoms with Crippen LogP contribution in [-0.2, 0) is 0 Å². The van der Waals surface area contributed by atoms with Crippen molar-refractivity contribution in [2.75, 3.05) is 6.54 Å². The number of pyridine rings is 1. The number of carbonyl (C=O) groups is 1. The van der Waals surface area contributed by atoms with Crippen LogP contribution in [0, 0.1) is 0 Å². The molecule has 14 heavy (non-hydrogen) atoms. The van der Waals surface area contributed by atoms with E-state index in [1.54, 1.807) is 0 Å².